The Morgan fingerprint density at radius 1 is 1.56 bits per heavy atom. The fourth-order valence-electron chi connectivity index (χ4n) is 1.77. The van der Waals surface area contributed by atoms with Crippen LogP contribution in [-0.4, -0.2) is 37.9 Å². The van der Waals surface area contributed by atoms with Crippen molar-refractivity contribution in [2.45, 2.75) is 19.9 Å². The summed E-state index contributed by atoms with van der Waals surface area (Å²) in [5, 5.41) is 9.12. The molecular formula is C13H20N2O3. The topological polar surface area (TPSA) is 75.8 Å². The molecule has 0 aliphatic heterocycles. The van der Waals surface area contributed by atoms with Crippen LogP contribution in [0.3, 0.4) is 0 Å². The molecule has 1 aromatic rings. The summed E-state index contributed by atoms with van der Waals surface area (Å²) in [7, 11) is 3.54. The highest BCUT2D eigenvalue weighted by molar-refractivity contribution is 5.95. The molecule has 0 heterocycles. The van der Waals surface area contributed by atoms with Gasteiger partial charge in [-0.15, -0.1) is 0 Å². The van der Waals surface area contributed by atoms with Crippen LogP contribution in [0.4, 0.5) is 11.4 Å². The summed E-state index contributed by atoms with van der Waals surface area (Å²) in [4.78, 5) is 13.1. The number of ether oxygens (including phenoxy) is 1. The van der Waals surface area contributed by atoms with Crippen LogP contribution in [0.1, 0.15) is 22.8 Å². The molecule has 1 aromatic carbocycles. The summed E-state index contributed by atoms with van der Waals surface area (Å²) in [5.74, 6) is -1.01. The van der Waals surface area contributed by atoms with Crippen LogP contribution in [0.5, 0.6) is 0 Å². The van der Waals surface area contributed by atoms with Crippen LogP contribution in [0.25, 0.3) is 0 Å². The molecule has 0 aliphatic carbocycles. The van der Waals surface area contributed by atoms with Gasteiger partial charge in [-0.05, 0) is 31.5 Å². The summed E-state index contributed by atoms with van der Waals surface area (Å²) in [5.41, 5.74) is 7.81. The lowest BCUT2D eigenvalue weighted by Gasteiger charge is -2.27. The number of benzene rings is 1. The minimum Gasteiger partial charge on any atom is -0.478 e. The van der Waals surface area contributed by atoms with Crippen molar-refractivity contribution in [1.82, 2.24) is 0 Å². The molecule has 0 aliphatic rings. The zero-order valence-electron chi connectivity index (χ0n) is 11.2. The number of carboxylic acids is 1. The molecule has 0 aromatic heterocycles. The molecule has 0 saturated carbocycles. The molecule has 0 amide bonds. The predicted molar refractivity (Wildman–Crippen MR) is 72.3 cm³/mol. The smallest absolute Gasteiger partial charge is 0.337 e. The van der Waals surface area contributed by atoms with Gasteiger partial charge in [0.25, 0.3) is 0 Å². The summed E-state index contributed by atoms with van der Waals surface area (Å²) >= 11 is 0. The monoisotopic (exact) mass is 252 g/mol. The van der Waals surface area contributed by atoms with Crippen molar-refractivity contribution >= 4 is 17.3 Å². The van der Waals surface area contributed by atoms with E-state index in [1.807, 2.05) is 24.9 Å². The number of likely N-dealkylation sites (N-methyl/N-ethyl adjacent to an activating group) is 1. The standard InChI is InChI=1S/C13H20N2O3/c1-8-5-10(15(3)9(2)7-18-4)6-11(12(8)14)13(16)17/h5-6,9H,7,14H2,1-4H3,(H,16,17). The van der Waals surface area contributed by atoms with Crippen LogP contribution in [-0.2, 0) is 4.74 Å². The zero-order chi connectivity index (χ0) is 13.9. The Balaban J connectivity index is 3.14. The number of hydrogen-bond acceptors (Lipinski definition) is 4. The summed E-state index contributed by atoms with van der Waals surface area (Å²) in [6.07, 6.45) is 0. The second-order valence-corrected chi connectivity index (χ2v) is 4.44. The Morgan fingerprint density at radius 2 is 2.17 bits per heavy atom. The average molecular weight is 252 g/mol. The number of nitrogens with zero attached hydrogens (tertiary/aromatic N) is 1. The van der Waals surface area contributed by atoms with E-state index in [0.29, 0.717) is 12.3 Å². The highest BCUT2D eigenvalue weighted by Gasteiger charge is 2.16. The van der Waals surface area contributed by atoms with Gasteiger partial charge in [0, 0.05) is 31.6 Å². The van der Waals surface area contributed by atoms with E-state index >= 15 is 0 Å². The van der Waals surface area contributed by atoms with E-state index in [9.17, 15) is 4.79 Å². The number of carbonyl (C=O) groups is 1. The summed E-state index contributed by atoms with van der Waals surface area (Å²) in [6, 6.07) is 3.63. The molecule has 0 spiro atoms. The minimum atomic E-state index is -1.01. The van der Waals surface area contributed by atoms with Gasteiger partial charge >= 0.3 is 5.97 Å². The molecule has 5 heteroatoms. The number of hydrogen-bond donors (Lipinski definition) is 2. The van der Waals surface area contributed by atoms with E-state index in [-0.39, 0.29) is 11.6 Å². The Labute approximate surface area is 107 Å². The van der Waals surface area contributed by atoms with Crippen molar-refractivity contribution in [3.63, 3.8) is 0 Å². The molecule has 3 N–H and O–H groups in total. The van der Waals surface area contributed by atoms with Gasteiger partial charge in [0.1, 0.15) is 0 Å². The predicted octanol–water partition coefficient (Wildman–Crippen LogP) is 1.75. The van der Waals surface area contributed by atoms with E-state index in [4.69, 9.17) is 15.6 Å². The Hall–Kier alpha value is -1.75. The van der Waals surface area contributed by atoms with E-state index < -0.39 is 5.97 Å². The largest absolute Gasteiger partial charge is 0.478 e. The SMILES string of the molecule is COCC(C)N(C)c1cc(C)c(N)c(C(=O)O)c1. The fraction of sp³-hybridized carbons (Fsp3) is 0.462. The number of nitrogen functional groups attached to an aromatic ring is 1. The lowest BCUT2D eigenvalue weighted by molar-refractivity contribution is 0.0698. The lowest BCUT2D eigenvalue weighted by atomic mass is 10.1. The summed E-state index contributed by atoms with van der Waals surface area (Å²) in [6.45, 7) is 4.39. The molecule has 1 unspecified atom stereocenters. The van der Waals surface area contributed by atoms with Crippen molar-refractivity contribution < 1.29 is 14.6 Å². The number of aryl methyl sites for hydroxylation is 1. The highest BCUT2D eigenvalue weighted by Crippen LogP contribution is 2.26. The summed E-state index contributed by atoms with van der Waals surface area (Å²) < 4.78 is 5.10. The fourth-order valence-corrected chi connectivity index (χ4v) is 1.77. The second kappa shape index (κ2) is 5.73. The molecule has 0 radical (unpaired) electrons. The molecule has 100 valence electrons. The number of aromatic carboxylic acids is 1. The Morgan fingerprint density at radius 3 is 2.67 bits per heavy atom. The van der Waals surface area contributed by atoms with Crippen molar-refractivity contribution in [2.75, 3.05) is 31.4 Å². The maximum Gasteiger partial charge on any atom is 0.337 e. The van der Waals surface area contributed by atoms with Gasteiger partial charge in [0.2, 0.25) is 0 Å². The number of anilines is 2. The number of carboxylic acid groups (broad SMARTS) is 1. The minimum absolute atomic E-state index is 0.140. The van der Waals surface area contributed by atoms with Crippen LogP contribution in [0.2, 0.25) is 0 Å². The third-order valence-corrected chi connectivity index (χ3v) is 3.08. The Kier molecular flexibility index (Phi) is 4.55. The molecule has 1 atom stereocenters. The van der Waals surface area contributed by atoms with Crippen LogP contribution in [0.15, 0.2) is 12.1 Å². The van der Waals surface area contributed by atoms with Gasteiger partial charge in [-0.1, -0.05) is 0 Å². The van der Waals surface area contributed by atoms with Crippen LogP contribution < -0.4 is 10.6 Å². The highest BCUT2D eigenvalue weighted by atomic mass is 16.5. The van der Waals surface area contributed by atoms with Crippen molar-refractivity contribution in [3.8, 4) is 0 Å². The van der Waals surface area contributed by atoms with Gasteiger partial charge < -0.3 is 20.5 Å². The first-order valence-electron chi connectivity index (χ1n) is 5.73. The van der Waals surface area contributed by atoms with Crippen LogP contribution in [0, 0.1) is 6.92 Å². The quantitative estimate of drug-likeness (QED) is 0.781. The van der Waals surface area contributed by atoms with E-state index in [0.717, 1.165) is 11.3 Å². The van der Waals surface area contributed by atoms with Gasteiger partial charge in [-0.3, -0.25) is 0 Å². The van der Waals surface area contributed by atoms with E-state index in [1.165, 1.54) is 0 Å². The normalized spacial score (nSPS) is 12.2. The first-order valence-corrected chi connectivity index (χ1v) is 5.73. The van der Waals surface area contributed by atoms with Crippen LogP contribution >= 0.6 is 0 Å². The lowest BCUT2D eigenvalue weighted by Crippen LogP contribution is -2.32. The molecule has 0 bridgehead atoms. The molecular weight excluding hydrogens is 232 g/mol. The van der Waals surface area contributed by atoms with Gasteiger partial charge in [0.15, 0.2) is 0 Å². The van der Waals surface area contributed by atoms with E-state index in [2.05, 4.69) is 0 Å². The molecule has 18 heavy (non-hydrogen) atoms. The van der Waals surface area contributed by atoms with Crippen molar-refractivity contribution in [1.29, 1.82) is 0 Å². The van der Waals surface area contributed by atoms with Crippen molar-refractivity contribution in [3.05, 3.63) is 23.3 Å². The second-order valence-electron chi connectivity index (χ2n) is 4.44. The maximum absolute atomic E-state index is 11.1. The third kappa shape index (κ3) is 2.92. The van der Waals surface area contributed by atoms with Gasteiger partial charge in [-0.2, -0.15) is 0 Å². The van der Waals surface area contributed by atoms with E-state index in [1.54, 1.807) is 20.1 Å². The van der Waals surface area contributed by atoms with Crippen molar-refractivity contribution in [2.24, 2.45) is 0 Å². The third-order valence-electron chi connectivity index (χ3n) is 3.08. The number of rotatable bonds is 5. The maximum atomic E-state index is 11.1. The molecule has 0 saturated heterocycles. The first-order chi connectivity index (χ1) is 8.38. The Bertz CT molecular complexity index is 446. The number of methoxy groups -OCH3 is 1. The molecule has 5 nitrogen and oxygen atoms in total. The zero-order valence-corrected chi connectivity index (χ0v) is 11.2. The first kappa shape index (κ1) is 14.3. The molecule has 0 fully saturated rings. The molecule has 1 rings (SSSR count). The number of nitrogens with two attached hydrogens (primary N) is 1. The van der Waals surface area contributed by atoms with Gasteiger partial charge in [-0.25, -0.2) is 4.79 Å². The average Bonchev–Trinajstić information content (AvgIpc) is 2.31. The van der Waals surface area contributed by atoms with Gasteiger partial charge in [0.05, 0.1) is 12.2 Å².